The van der Waals surface area contributed by atoms with Crippen LogP contribution in [0.3, 0.4) is 0 Å². The van der Waals surface area contributed by atoms with Crippen molar-refractivity contribution < 1.29 is 19.8 Å². The van der Waals surface area contributed by atoms with Gasteiger partial charge in [-0.15, -0.1) is 0 Å². The minimum atomic E-state index is -0.801. The Labute approximate surface area is 191 Å². The number of nitrogens with zero attached hydrogens (tertiary/aromatic N) is 1. The molecule has 32 heavy (non-hydrogen) atoms. The number of rotatable bonds is 11. The van der Waals surface area contributed by atoms with Gasteiger partial charge in [0.25, 0.3) is 11.8 Å². The third-order valence-corrected chi connectivity index (χ3v) is 6.49. The second-order valence-corrected chi connectivity index (χ2v) is 9.16. The van der Waals surface area contributed by atoms with Crippen molar-refractivity contribution in [1.82, 2.24) is 4.90 Å². The molecule has 2 aromatic carbocycles. The molecule has 5 nitrogen and oxygen atoms in total. The molecule has 1 aliphatic rings. The first-order valence-corrected chi connectivity index (χ1v) is 11.7. The van der Waals surface area contributed by atoms with Crippen LogP contribution in [0, 0.1) is 5.92 Å². The quantitative estimate of drug-likeness (QED) is 0.489. The second kappa shape index (κ2) is 10.4. The number of hydrogen-bond acceptors (Lipinski definition) is 4. The molecular formula is C27H35NO4. The van der Waals surface area contributed by atoms with Crippen LogP contribution in [-0.2, 0) is 6.42 Å². The van der Waals surface area contributed by atoms with Gasteiger partial charge in [-0.05, 0) is 48.9 Å². The zero-order valence-electron chi connectivity index (χ0n) is 19.4. The van der Waals surface area contributed by atoms with Gasteiger partial charge >= 0.3 is 0 Å². The molecule has 0 aliphatic carbocycles. The lowest BCUT2D eigenvalue weighted by Gasteiger charge is -2.28. The topological polar surface area (TPSA) is 77.8 Å². The van der Waals surface area contributed by atoms with Gasteiger partial charge in [0, 0.05) is 12.5 Å². The van der Waals surface area contributed by atoms with E-state index in [-0.39, 0.29) is 24.3 Å². The molecule has 2 N–H and O–H groups in total. The summed E-state index contributed by atoms with van der Waals surface area (Å²) in [4.78, 5) is 26.5. The van der Waals surface area contributed by atoms with Crippen LogP contribution >= 0.6 is 0 Å². The Balaban J connectivity index is 1.66. The van der Waals surface area contributed by atoms with Crippen LogP contribution in [0.25, 0.3) is 0 Å². The van der Waals surface area contributed by atoms with Crippen molar-refractivity contribution in [3.63, 3.8) is 0 Å². The van der Waals surface area contributed by atoms with Crippen LogP contribution in [0.2, 0.25) is 0 Å². The highest BCUT2D eigenvalue weighted by atomic mass is 16.3. The summed E-state index contributed by atoms with van der Waals surface area (Å²) in [5.74, 6) is -0.918. The van der Waals surface area contributed by atoms with Crippen molar-refractivity contribution in [3.8, 4) is 0 Å². The first-order valence-electron chi connectivity index (χ1n) is 11.7. The summed E-state index contributed by atoms with van der Waals surface area (Å²) < 4.78 is 0. The Morgan fingerprint density at radius 1 is 0.906 bits per heavy atom. The molecule has 1 aliphatic heterocycles. The van der Waals surface area contributed by atoms with Crippen molar-refractivity contribution in [1.29, 1.82) is 0 Å². The number of carbonyl (C=O) groups is 2. The molecule has 2 unspecified atom stereocenters. The average Bonchev–Trinajstić information content (AvgIpc) is 3.03. The molecule has 0 fully saturated rings. The van der Waals surface area contributed by atoms with Crippen LogP contribution < -0.4 is 0 Å². The van der Waals surface area contributed by atoms with Gasteiger partial charge in [-0.1, -0.05) is 70.0 Å². The van der Waals surface area contributed by atoms with Gasteiger partial charge in [0.1, 0.15) is 0 Å². The Kier molecular flexibility index (Phi) is 7.86. The number of fused-ring (bicyclic) bond motifs is 1. The van der Waals surface area contributed by atoms with Crippen LogP contribution in [0.4, 0.5) is 0 Å². The number of aryl methyl sites for hydroxylation is 1. The van der Waals surface area contributed by atoms with Crippen LogP contribution in [-0.4, -0.2) is 39.1 Å². The summed E-state index contributed by atoms with van der Waals surface area (Å²) in [6, 6.07) is 14.6. The van der Waals surface area contributed by atoms with E-state index in [9.17, 15) is 19.8 Å². The van der Waals surface area contributed by atoms with Gasteiger partial charge < -0.3 is 10.2 Å². The Bertz CT molecular complexity index is 913. The van der Waals surface area contributed by atoms with E-state index in [1.54, 1.807) is 24.3 Å². The van der Waals surface area contributed by atoms with E-state index >= 15 is 0 Å². The number of imide groups is 1. The molecule has 0 spiro atoms. The van der Waals surface area contributed by atoms with Crippen LogP contribution in [0.5, 0.6) is 0 Å². The molecule has 3 rings (SSSR count). The fourth-order valence-corrected chi connectivity index (χ4v) is 4.74. The van der Waals surface area contributed by atoms with E-state index in [1.165, 1.54) is 4.90 Å². The normalized spacial score (nSPS) is 15.7. The van der Waals surface area contributed by atoms with Gasteiger partial charge in [-0.25, -0.2) is 0 Å². The Morgan fingerprint density at radius 3 is 2.06 bits per heavy atom. The van der Waals surface area contributed by atoms with Crippen molar-refractivity contribution in [3.05, 3.63) is 70.8 Å². The number of aliphatic hydroxyl groups is 2. The van der Waals surface area contributed by atoms with Gasteiger partial charge in [-0.3, -0.25) is 14.5 Å². The van der Waals surface area contributed by atoms with E-state index in [0.717, 1.165) is 43.2 Å². The number of benzene rings is 2. The number of amides is 2. The van der Waals surface area contributed by atoms with Gasteiger partial charge in [0.2, 0.25) is 0 Å². The number of carbonyl (C=O) groups excluding carboxylic acids is 2. The lowest BCUT2D eigenvalue weighted by atomic mass is 9.86. The summed E-state index contributed by atoms with van der Waals surface area (Å²) in [7, 11) is 0. The molecule has 2 amide bonds. The third kappa shape index (κ3) is 5.28. The number of aliphatic hydroxyl groups excluding tert-OH is 1. The summed E-state index contributed by atoms with van der Waals surface area (Å²) in [5.41, 5.74) is 2.04. The van der Waals surface area contributed by atoms with Crippen molar-refractivity contribution in [2.75, 3.05) is 6.54 Å². The highest BCUT2D eigenvalue weighted by Crippen LogP contribution is 2.30. The molecule has 172 valence electrons. The van der Waals surface area contributed by atoms with Gasteiger partial charge in [-0.2, -0.15) is 0 Å². The van der Waals surface area contributed by atoms with E-state index in [2.05, 4.69) is 13.8 Å². The summed E-state index contributed by atoms with van der Waals surface area (Å²) >= 11 is 0. The fraction of sp³-hybridized carbons (Fsp3) is 0.481. The predicted octanol–water partition coefficient (Wildman–Crippen LogP) is 4.92. The fourth-order valence-electron chi connectivity index (χ4n) is 4.74. The first kappa shape index (κ1) is 24.1. The maximum absolute atomic E-state index is 12.6. The Hall–Kier alpha value is -2.50. The molecule has 5 heteroatoms. The third-order valence-electron chi connectivity index (χ3n) is 6.49. The summed E-state index contributed by atoms with van der Waals surface area (Å²) in [6.07, 6.45) is 4.11. The highest BCUT2D eigenvalue weighted by Gasteiger charge is 2.36. The molecule has 2 aromatic rings. The first-order chi connectivity index (χ1) is 15.3. The van der Waals surface area contributed by atoms with Crippen molar-refractivity contribution in [2.45, 2.75) is 71.0 Å². The van der Waals surface area contributed by atoms with Crippen LogP contribution in [0.1, 0.15) is 90.8 Å². The van der Waals surface area contributed by atoms with E-state index in [0.29, 0.717) is 17.5 Å². The summed E-state index contributed by atoms with van der Waals surface area (Å²) in [5, 5.41) is 21.9. The number of hydrogen-bond donors (Lipinski definition) is 2. The molecule has 1 heterocycles. The standard InChI is InChI=1S/C27H35NO4/c1-4-14-27(32,15-5-2)16-13-20-9-8-10-21(17-20)24(29)19(3)18-28-25(30)22-11-6-7-12-23(22)26(28)31/h6-12,17,19,24,29,32H,4-5,13-16,18H2,1-3H3. The molecule has 0 bridgehead atoms. The lowest BCUT2D eigenvalue weighted by Crippen LogP contribution is -2.35. The van der Waals surface area contributed by atoms with E-state index in [4.69, 9.17) is 0 Å². The van der Waals surface area contributed by atoms with Crippen molar-refractivity contribution >= 4 is 11.8 Å². The van der Waals surface area contributed by atoms with E-state index in [1.807, 2.05) is 31.2 Å². The zero-order valence-corrected chi connectivity index (χ0v) is 19.4. The van der Waals surface area contributed by atoms with Crippen LogP contribution in [0.15, 0.2) is 48.5 Å². The minimum Gasteiger partial charge on any atom is -0.390 e. The molecule has 0 radical (unpaired) electrons. The van der Waals surface area contributed by atoms with Gasteiger partial charge in [0.05, 0.1) is 22.8 Å². The predicted molar refractivity (Wildman–Crippen MR) is 125 cm³/mol. The summed E-state index contributed by atoms with van der Waals surface area (Å²) in [6.45, 7) is 6.19. The maximum Gasteiger partial charge on any atom is 0.261 e. The van der Waals surface area contributed by atoms with Crippen molar-refractivity contribution in [2.24, 2.45) is 5.92 Å². The lowest BCUT2D eigenvalue weighted by molar-refractivity contribution is 0.0132. The molecule has 0 aromatic heterocycles. The molecule has 2 atom stereocenters. The SMILES string of the molecule is CCCC(O)(CCC)CCc1cccc(C(O)C(C)CN2C(=O)c3ccccc3C2=O)c1. The smallest absolute Gasteiger partial charge is 0.261 e. The maximum atomic E-state index is 12.6. The van der Waals surface area contributed by atoms with Gasteiger partial charge in [0.15, 0.2) is 0 Å². The highest BCUT2D eigenvalue weighted by molar-refractivity contribution is 6.21. The molecular weight excluding hydrogens is 402 g/mol. The monoisotopic (exact) mass is 437 g/mol. The zero-order chi connectivity index (χ0) is 23.3. The molecule has 0 saturated heterocycles. The average molecular weight is 438 g/mol. The minimum absolute atomic E-state index is 0.157. The largest absolute Gasteiger partial charge is 0.390 e. The Morgan fingerprint density at radius 2 is 1.50 bits per heavy atom. The second-order valence-electron chi connectivity index (χ2n) is 9.16. The molecule has 0 saturated carbocycles. The van der Waals surface area contributed by atoms with E-state index < -0.39 is 11.7 Å².